The lowest BCUT2D eigenvalue weighted by atomic mass is 10.3. The maximum absolute atomic E-state index is 5.81. The van der Waals surface area contributed by atoms with Crippen LogP contribution in [0, 0.1) is 0 Å². The zero-order chi connectivity index (χ0) is 13.0. The molecule has 1 aromatic carbocycles. The van der Waals surface area contributed by atoms with E-state index in [1.807, 2.05) is 0 Å². The highest BCUT2D eigenvalue weighted by atomic mass is 35.5. The number of aromatic nitrogens is 2. The number of anilines is 1. The van der Waals surface area contributed by atoms with Gasteiger partial charge in [-0.25, -0.2) is 4.98 Å². The molecule has 0 spiro atoms. The van der Waals surface area contributed by atoms with Crippen LogP contribution in [0.15, 0.2) is 30.6 Å². The molecule has 6 heteroatoms. The Bertz CT molecular complexity index is 531. The number of nitrogens with one attached hydrogen (secondary N) is 1. The predicted octanol–water partition coefficient (Wildman–Crippen LogP) is 2.97. The summed E-state index contributed by atoms with van der Waals surface area (Å²) < 4.78 is 10.8. The fraction of sp³-hybridized carbons (Fsp3) is 0.167. The third-order valence-electron chi connectivity index (χ3n) is 2.24. The number of methoxy groups -OCH3 is 1. The SMILES string of the molecule is CNc1ncnc(Oc2ccc(Cl)cc2)c1OC. The molecule has 0 aliphatic heterocycles. The fourth-order valence-corrected chi connectivity index (χ4v) is 1.53. The first-order valence-corrected chi connectivity index (χ1v) is 5.62. The van der Waals surface area contributed by atoms with Gasteiger partial charge in [-0.2, -0.15) is 4.98 Å². The first-order valence-electron chi connectivity index (χ1n) is 5.24. The number of nitrogens with zero attached hydrogens (tertiary/aromatic N) is 2. The Morgan fingerprint density at radius 2 is 1.89 bits per heavy atom. The molecule has 0 saturated carbocycles. The van der Waals surface area contributed by atoms with Crippen molar-refractivity contribution in [3.8, 4) is 17.4 Å². The molecule has 0 aliphatic carbocycles. The van der Waals surface area contributed by atoms with Crippen molar-refractivity contribution in [2.45, 2.75) is 0 Å². The van der Waals surface area contributed by atoms with Crippen LogP contribution in [0.2, 0.25) is 5.02 Å². The maximum atomic E-state index is 5.81. The van der Waals surface area contributed by atoms with Gasteiger partial charge in [-0.05, 0) is 24.3 Å². The molecule has 5 nitrogen and oxygen atoms in total. The van der Waals surface area contributed by atoms with Gasteiger partial charge in [-0.15, -0.1) is 0 Å². The Labute approximate surface area is 110 Å². The van der Waals surface area contributed by atoms with Gasteiger partial charge >= 0.3 is 0 Å². The van der Waals surface area contributed by atoms with Gasteiger partial charge in [-0.1, -0.05) is 11.6 Å². The molecule has 1 aromatic heterocycles. The van der Waals surface area contributed by atoms with Crippen LogP contribution in [0.4, 0.5) is 5.82 Å². The van der Waals surface area contributed by atoms with Crippen molar-refractivity contribution in [1.82, 2.24) is 9.97 Å². The van der Waals surface area contributed by atoms with Crippen molar-refractivity contribution >= 4 is 17.4 Å². The van der Waals surface area contributed by atoms with Gasteiger partial charge in [0.1, 0.15) is 12.1 Å². The van der Waals surface area contributed by atoms with Crippen molar-refractivity contribution in [1.29, 1.82) is 0 Å². The Kier molecular flexibility index (Phi) is 3.84. The summed E-state index contributed by atoms with van der Waals surface area (Å²) in [7, 11) is 3.28. The summed E-state index contributed by atoms with van der Waals surface area (Å²) in [5.41, 5.74) is 0. The minimum Gasteiger partial charge on any atom is -0.489 e. The molecule has 94 valence electrons. The molecule has 0 fully saturated rings. The van der Waals surface area contributed by atoms with Crippen LogP contribution < -0.4 is 14.8 Å². The molecule has 0 saturated heterocycles. The van der Waals surface area contributed by atoms with E-state index < -0.39 is 0 Å². The molecular formula is C12H12ClN3O2. The average molecular weight is 266 g/mol. The second-order valence-electron chi connectivity index (χ2n) is 3.37. The summed E-state index contributed by atoms with van der Waals surface area (Å²) >= 11 is 5.81. The largest absolute Gasteiger partial charge is 0.489 e. The van der Waals surface area contributed by atoms with E-state index in [1.165, 1.54) is 13.4 Å². The van der Waals surface area contributed by atoms with Crippen molar-refractivity contribution in [3.05, 3.63) is 35.6 Å². The summed E-state index contributed by atoms with van der Waals surface area (Å²) in [5, 5.41) is 3.55. The van der Waals surface area contributed by atoms with Gasteiger partial charge in [-0.3, -0.25) is 0 Å². The van der Waals surface area contributed by atoms with Crippen molar-refractivity contribution in [3.63, 3.8) is 0 Å². The van der Waals surface area contributed by atoms with E-state index in [0.29, 0.717) is 28.2 Å². The molecule has 0 aliphatic rings. The van der Waals surface area contributed by atoms with Gasteiger partial charge in [0.05, 0.1) is 7.11 Å². The lowest BCUT2D eigenvalue weighted by Crippen LogP contribution is -2.00. The van der Waals surface area contributed by atoms with E-state index >= 15 is 0 Å². The lowest BCUT2D eigenvalue weighted by Gasteiger charge is -2.11. The van der Waals surface area contributed by atoms with Crippen LogP contribution >= 0.6 is 11.6 Å². The van der Waals surface area contributed by atoms with Gasteiger partial charge in [0.25, 0.3) is 5.88 Å². The molecule has 0 radical (unpaired) electrons. The van der Waals surface area contributed by atoms with Crippen molar-refractivity contribution in [2.75, 3.05) is 19.5 Å². The molecule has 18 heavy (non-hydrogen) atoms. The van der Waals surface area contributed by atoms with E-state index in [2.05, 4.69) is 15.3 Å². The van der Waals surface area contributed by atoms with Crippen LogP contribution in [0.25, 0.3) is 0 Å². The van der Waals surface area contributed by atoms with E-state index in [1.54, 1.807) is 31.3 Å². The normalized spacial score (nSPS) is 9.94. The predicted molar refractivity (Wildman–Crippen MR) is 69.7 cm³/mol. The summed E-state index contributed by atoms with van der Waals surface area (Å²) in [6, 6.07) is 6.99. The quantitative estimate of drug-likeness (QED) is 0.921. The van der Waals surface area contributed by atoms with Gasteiger partial charge in [0, 0.05) is 12.1 Å². The lowest BCUT2D eigenvalue weighted by molar-refractivity contribution is 0.369. The number of rotatable bonds is 4. The van der Waals surface area contributed by atoms with Crippen LogP contribution in [0.1, 0.15) is 0 Å². The van der Waals surface area contributed by atoms with E-state index in [-0.39, 0.29) is 0 Å². The second kappa shape index (κ2) is 5.55. The standard InChI is InChI=1S/C12H12ClN3O2/c1-14-11-10(17-2)12(16-7-15-11)18-9-5-3-8(13)4-6-9/h3-7H,1-2H3,(H,14,15,16). The molecule has 1 heterocycles. The Balaban J connectivity index is 2.31. The summed E-state index contributed by atoms with van der Waals surface area (Å²) in [4.78, 5) is 8.08. The number of benzene rings is 1. The first kappa shape index (κ1) is 12.4. The third kappa shape index (κ3) is 2.62. The highest BCUT2D eigenvalue weighted by molar-refractivity contribution is 6.30. The number of halogens is 1. The number of ether oxygens (including phenoxy) is 2. The molecular weight excluding hydrogens is 254 g/mol. The second-order valence-corrected chi connectivity index (χ2v) is 3.80. The smallest absolute Gasteiger partial charge is 0.268 e. The Hall–Kier alpha value is -2.01. The topological polar surface area (TPSA) is 56.3 Å². The summed E-state index contributed by atoms with van der Waals surface area (Å²) in [6.07, 6.45) is 1.40. The third-order valence-corrected chi connectivity index (χ3v) is 2.49. The molecule has 2 aromatic rings. The highest BCUT2D eigenvalue weighted by Gasteiger charge is 2.13. The molecule has 0 atom stereocenters. The summed E-state index contributed by atoms with van der Waals surface area (Å²) in [6.45, 7) is 0. The monoisotopic (exact) mass is 265 g/mol. The van der Waals surface area contributed by atoms with E-state index in [0.717, 1.165) is 0 Å². The molecule has 0 bridgehead atoms. The number of hydrogen-bond donors (Lipinski definition) is 1. The average Bonchev–Trinajstić information content (AvgIpc) is 2.41. The van der Waals surface area contributed by atoms with Crippen LogP contribution in [0.5, 0.6) is 17.4 Å². The minimum atomic E-state index is 0.346. The molecule has 2 rings (SSSR count). The Morgan fingerprint density at radius 3 is 2.50 bits per heavy atom. The van der Waals surface area contributed by atoms with E-state index in [9.17, 15) is 0 Å². The van der Waals surface area contributed by atoms with Gasteiger partial charge in [0.15, 0.2) is 5.82 Å². The van der Waals surface area contributed by atoms with Crippen molar-refractivity contribution < 1.29 is 9.47 Å². The summed E-state index contributed by atoms with van der Waals surface area (Å²) in [5.74, 6) is 1.99. The minimum absolute atomic E-state index is 0.346. The number of hydrogen-bond acceptors (Lipinski definition) is 5. The fourth-order valence-electron chi connectivity index (χ4n) is 1.41. The van der Waals surface area contributed by atoms with Crippen LogP contribution in [-0.2, 0) is 0 Å². The Morgan fingerprint density at radius 1 is 1.17 bits per heavy atom. The molecule has 0 unspecified atom stereocenters. The van der Waals surface area contributed by atoms with Crippen LogP contribution in [0.3, 0.4) is 0 Å². The highest BCUT2D eigenvalue weighted by Crippen LogP contribution is 2.33. The first-order chi connectivity index (χ1) is 8.74. The molecule has 0 amide bonds. The zero-order valence-electron chi connectivity index (χ0n) is 9.98. The zero-order valence-corrected chi connectivity index (χ0v) is 10.7. The van der Waals surface area contributed by atoms with Gasteiger partial charge in [0.2, 0.25) is 5.75 Å². The van der Waals surface area contributed by atoms with Crippen molar-refractivity contribution in [2.24, 2.45) is 0 Å². The van der Waals surface area contributed by atoms with E-state index in [4.69, 9.17) is 21.1 Å². The maximum Gasteiger partial charge on any atom is 0.268 e. The van der Waals surface area contributed by atoms with Crippen LogP contribution in [-0.4, -0.2) is 24.1 Å². The molecule has 1 N–H and O–H groups in total. The van der Waals surface area contributed by atoms with Gasteiger partial charge < -0.3 is 14.8 Å².